The Morgan fingerprint density at radius 3 is 2.17 bits per heavy atom. The molecule has 0 heterocycles. The van der Waals surface area contributed by atoms with Crippen LogP contribution >= 0.6 is 34.2 Å². The van der Waals surface area contributed by atoms with Crippen molar-refractivity contribution in [2.24, 2.45) is 0 Å². The molecule has 190 valence electrons. The van der Waals surface area contributed by atoms with Crippen LogP contribution in [-0.4, -0.2) is 51.0 Å². The number of halogens is 2. The number of benzene rings is 3. The van der Waals surface area contributed by atoms with Gasteiger partial charge < -0.3 is 10.2 Å². The molecule has 7 nitrogen and oxygen atoms in total. The van der Waals surface area contributed by atoms with Gasteiger partial charge >= 0.3 is 0 Å². The van der Waals surface area contributed by atoms with E-state index < -0.39 is 28.5 Å². The lowest BCUT2D eigenvalue weighted by molar-refractivity contribution is -0.139. The van der Waals surface area contributed by atoms with Crippen molar-refractivity contribution in [1.29, 1.82) is 0 Å². The molecule has 0 spiro atoms. The van der Waals surface area contributed by atoms with Gasteiger partial charge in [0, 0.05) is 28.6 Å². The third-order valence-corrected chi connectivity index (χ3v) is 7.84. The lowest BCUT2D eigenvalue weighted by Crippen LogP contribution is -2.52. The van der Waals surface area contributed by atoms with Crippen molar-refractivity contribution in [2.45, 2.75) is 19.0 Å². The van der Waals surface area contributed by atoms with E-state index in [4.69, 9.17) is 11.6 Å². The number of likely N-dealkylation sites (N-methyl/N-ethyl adjacent to an activating group) is 1. The van der Waals surface area contributed by atoms with Gasteiger partial charge in [-0.3, -0.25) is 13.9 Å². The van der Waals surface area contributed by atoms with Crippen LogP contribution in [0.2, 0.25) is 5.02 Å². The molecule has 0 aromatic heterocycles. The minimum Gasteiger partial charge on any atom is -0.357 e. The van der Waals surface area contributed by atoms with Crippen molar-refractivity contribution in [2.75, 3.05) is 24.2 Å². The largest absolute Gasteiger partial charge is 0.357 e. The van der Waals surface area contributed by atoms with Gasteiger partial charge in [0.1, 0.15) is 12.6 Å². The number of amides is 2. The molecule has 3 aromatic rings. The van der Waals surface area contributed by atoms with E-state index >= 15 is 0 Å². The SMILES string of the molecule is CNC(=O)C(Cc1ccccc1)N(Cc1ccccc1Cl)C(=O)CN(c1ccc(I)cc1)S(C)(=O)=O. The Bertz CT molecular complexity index is 1300. The summed E-state index contributed by atoms with van der Waals surface area (Å²) in [5, 5.41) is 3.09. The zero-order chi connectivity index (χ0) is 26.3. The van der Waals surface area contributed by atoms with Crippen molar-refractivity contribution >= 4 is 61.7 Å². The first kappa shape index (κ1) is 27.9. The summed E-state index contributed by atoms with van der Waals surface area (Å²) in [4.78, 5) is 28.3. The van der Waals surface area contributed by atoms with E-state index in [1.54, 1.807) is 48.5 Å². The summed E-state index contributed by atoms with van der Waals surface area (Å²) in [6, 6.07) is 22.3. The van der Waals surface area contributed by atoms with Crippen molar-refractivity contribution in [3.05, 3.63) is 98.6 Å². The van der Waals surface area contributed by atoms with Crippen molar-refractivity contribution in [1.82, 2.24) is 10.2 Å². The van der Waals surface area contributed by atoms with Crippen LogP contribution in [0, 0.1) is 3.57 Å². The summed E-state index contributed by atoms with van der Waals surface area (Å²) in [6.45, 7) is -0.431. The predicted octanol–water partition coefficient (Wildman–Crippen LogP) is 4.10. The standard InChI is InChI=1S/C26H27ClIN3O4S/c1-29-26(33)24(16-19-8-4-3-5-9-19)30(17-20-10-6-7-11-23(20)27)25(32)18-31(36(2,34)35)22-14-12-21(28)13-15-22/h3-15,24H,16-18H2,1-2H3,(H,29,33). The number of hydrogen-bond donors (Lipinski definition) is 1. The summed E-state index contributed by atoms with van der Waals surface area (Å²) in [5.41, 5.74) is 1.87. The highest BCUT2D eigenvalue weighted by atomic mass is 127. The van der Waals surface area contributed by atoms with Gasteiger partial charge in [-0.15, -0.1) is 0 Å². The molecule has 2 amide bonds. The normalized spacial score (nSPS) is 12.0. The number of anilines is 1. The first-order valence-corrected chi connectivity index (χ1v) is 14.4. The van der Waals surface area contributed by atoms with Crippen LogP contribution in [0.15, 0.2) is 78.9 Å². The lowest BCUT2D eigenvalue weighted by atomic mass is 10.0. The maximum absolute atomic E-state index is 13.8. The monoisotopic (exact) mass is 639 g/mol. The van der Waals surface area contributed by atoms with E-state index in [1.165, 1.54) is 11.9 Å². The van der Waals surface area contributed by atoms with Gasteiger partial charge in [-0.1, -0.05) is 60.1 Å². The molecular weight excluding hydrogens is 613 g/mol. The highest BCUT2D eigenvalue weighted by molar-refractivity contribution is 14.1. The van der Waals surface area contributed by atoms with E-state index in [0.29, 0.717) is 16.3 Å². The van der Waals surface area contributed by atoms with E-state index in [-0.39, 0.29) is 18.9 Å². The van der Waals surface area contributed by atoms with Crippen LogP contribution in [0.5, 0.6) is 0 Å². The number of rotatable bonds is 10. The fourth-order valence-electron chi connectivity index (χ4n) is 3.75. The summed E-state index contributed by atoms with van der Waals surface area (Å²) >= 11 is 8.52. The molecule has 0 radical (unpaired) electrons. The molecule has 36 heavy (non-hydrogen) atoms. The highest BCUT2D eigenvalue weighted by Gasteiger charge is 2.32. The molecule has 0 saturated heterocycles. The second-order valence-corrected chi connectivity index (χ2v) is 11.7. The molecule has 0 saturated carbocycles. The van der Waals surface area contributed by atoms with Crippen LogP contribution in [0.25, 0.3) is 0 Å². The number of hydrogen-bond acceptors (Lipinski definition) is 4. The van der Waals surface area contributed by atoms with Crippen molar-refractivity contribution < 1.29 is 18.0 Å². The number of nitrogens with one attached hydrogen (secondary N) is 1. The molecule has 0 bridgehead atoms. The number of nitrogens with zero attached hydrogens (tertiary/aromatic N) is 2. The number of sulfonamides is 1. The topological polar surface area (TPSA) is 86.8 Å². The van der Waals surface area contributed by atoms with Crippen LogP contribution in [0.3, 0.4) is 0 Å². The molecule has 10 heteroatoms. The molecule has 1 atom stereocenters. The molecule has 0 aliphatic rings. The summed E-state index contributed by atoms with van der Waals surface area (Å²) in [5.74, 6) is -0.886. The van der Waals surface area contributed by atoms with Gasteiger partial charge in [0.25, 0.3) is 0 Å². The Kier molecular flexibility index (Phi) is 9.75. The average molecular weight is 640 g/mol. The third-order valence-electron chi connectivity index (χ3n) is 5.61. The second-order valence-electron chi connectivity index (χ2n) is 8.18. The molecular formula is C26H27ClIN3O4S. The van der Waals surface area contributed by atoms with E-state index in [0.717, 1.165) is 19.7 Å². The van der Waals surface area contributed by atoms with Crippen molar-refractivity contribution in [3.63, 3.8) is 0 Å². The predicted molar refractivity (Wildman–Crippen MR) is 151 cm³/mol. The van der Waals surface area contributed by atoms with Gasteiger partial charge in [0.15, 0.2) is 0 Å². The first-order chi connectivity index (χ1) is 17.1. The fraction of sp³-hybridized carbons (Fsp3) is 0.231. The fourth-order valence-corrected chi connectivity index (χ4v) is 5.16. The Morgan fingerprint density at radius 2 is 1.58 bits per heavy atom. The van der Waals surface area contributed by atoms with Gasteiger partial charge in [0.05, 0.1) is 11.9 Å². The second kappa shape index (κ2) is 12.6. The quantitative estimate of drug-likeness (QED) is 0.339. The summed E-state index contributed by atoms with van der Waals surface area (Å²) < 4.78 is 27.4. The molecule has 0 aliphatic carbocycles. The van der Waals surface area contributed by atoms with E-state index in [9.17, 15) is 18.0 Å². The van der Waals surface area contributed by atoms with Crippen LogP contribution in [0.4, 0.5) is 5.69 Å². The Morgan fingerprint density at radius 1 is 0.972 bits per heavy atom. The molecule has 1 unspecified atom stereocenters. The van der Waals surface area contributed by atoms with Crippen LogP contribution < -0.4 is 9.62 Å². The lowest BCUT2D eigenvalue weighted by Gasteiger charge is -2.33. The number of carbonyl (C=O) groups excluding carboxylic acids is 2. The zero-order valence-corrected chi connectivity index (χ0v) is 23.6. The van der Waals surface area contributed by atoms with Gasteiger partial charge in [0.2, 0.25) is 21.8 Å². The maximum atomic E-state index is 13.8. The average Bonchev–Trinajstić information content (AvgIpc) is 2.85. The molecule has 0 aliphatic heterocycles. The Labute approximate surface area is 230 Å². The van der Waals surface area contributed by atoms with Crippen molar-refractivity contribution in [3.8, 4) is 0 Å². The van der Waals surface area contributed by atoms with Gasteiger partial charge in [-0.05, 0) is 64.0 Å². The number of carbonyl (C=O) groups is 2. The maximum Gasteiger partial charge on any atom is 0.244 e. The molecule has 1 N–H and O–H groups in total. The van der Waals surface area contributed by atoms with Crippen LogP contribution in [0.1, 0.15) is 11.1 Å². The smallest absolute Gasteiger partial charge is 0.244 e. The summed E-state index contributed by atoms with van der Waals surface area (Å²) in [6.07, 6.45) is 1.30. The van der Waals surface area contributed by atoms with Crippen LogP contribution in [-0.2, 0) is 32.6 Å². The molecule has 0 fully saturated rings. The highest BCUT2D eigenvalue weighted by Crippen LogP contribution is 2.23. The van der Waals surface area contributed by atoms with E-state index in [2.05, 4.69) is 27.9 Å². The Balaban J connectivity index is 2.03. The summed E-state index contributed by atoms with van der Waals surface area (Å²) in [7, 11) is -2.29. The third kappa shape index (κ3) is 7.44. The van der Waals surface area contributed by atoms with Gasteiger partial charge in [-0.2, -0.15) is 0 Å². The van der Waals surface area contributed by atoms with Gasteiger partial charge in [-0.25, -0.2) is 8.42 Å². The first-order valence-electron chi connectivity index (χ1n) is 11.1. The molecule has 3 aromatic carbocycles. The van der Waals surface area contributed by atoms with E-state index in [1.807, 2.05) is 30.3 Å². The minimum absolute atomic E-state index is 0.0354. The minimum atomic E-state index is -3.79. The Hall–Kier alpha value is -2.63. The zero-order valence-electron chi connectivity index (χ0n) is 19.9. The molecule has 3 rings (SSSR count).